The van der Waals surface area contributed by atoms with Crippen molar-refractivity contribution in [1.29, 1.82) is 0 Å². The molecule has 10 heteroatoms. The Bertz CT molecular complexity index is 120. The van der Waals surface area contributed by atoms with Crippen molar-refractivity contribution in [3.63, 3.8) is 0 Å². The van der Waals surface area contributed by atoms with Crippen LogP contribution in [0.25, 0.3) is 0 Å². The molecule has 14 heavy (non-hydrogen) atoms. The molecule has 0 bridgehead atoms. The van der Waals surface area contributed by atoms with Crippen LogP contribution in [0.3, 0.4) is 0 Å². The monoisotopic (exact) mass is 248 g/mol. The van der Waals surface area contributed by atoms with Crippen molar-refractivity contribution in [2.75, 3.05) is 13.2 Å². The summed E-state index contributed by atoms with van der Waals surface area (Å²) in [6.45, 7) is -0.250. The summed E-state index contributed by atoms with van der Waals surface area (Å²) in [5, 5.41) is 30.0. The summed E-state index contributed by atoms with van der Waals surface area (Å²) < 4.78 is 0. The molecule has 0 aliphatic rings. The van der Waals surface area contributed by atoms with Crippen LogP contribution >= 0.6 is 0 Å². The van der Waals surface area contributed by atoms with Gasteiger partial charge in [0, 0.05) is 0 Å². The molecule has 0 aromatic carbocycles. The molecule has 0 radical (unpaired) electrons. The van der Waals surface area contributed by atoms with Crippen LogP contribution in [0.2, 0.25) is 0 Å². The molecule has 6 nitrogen and oxygen atoms in total. The molecule has 4 N–H and O–H groups in total. The van der Waals surface area contributed by atoms with Gasteiger partial charge in [0.05, 0.1) is 13.2 Å². The summed E-state index contributed by atoms with van der Waals surface area (Å²) in [4.78, 5) is 18.2. The first kappa shape index (κ1) is 36.0. The van der Waals surface area contributed by atoms with E-state index >= 15 is 0 Å². The maximum atomic E-state index is 9.10. The van der Waals surface area contributed by atoms with E-state index < -0.39 is 11.9 Å². The van der Waals surface area contributed by atoms with Crippen molar-refractivity contribution in [1.82, 2.24) is 0 Å². The zero-order chi connectivity index (χ0) is 8.57. The number of carboxylic acid groups (broad SMARTS) is 2. The van der Waals surface area contributed by atoms with E-state index in [1.807, 2.05) is 0 Å². The summed E-state index contributed by atoms with van der Waals surface area (Å²) in [6, 6.07) is 0. The minimum absolute atomic E-state index is 0. The van der Waals surface area contributed by atoms with Gasteiger partial charge in [-0.15, -0.1) is 0 Å². The summed E-state index contributed by atoms with van der Waals surface area (Å²) >= 11 is 0. The Labute approximate surface area is 176 Å². The van der Waals surface area contributed by atoms with Gasteiger partial charge in [0.15, 0.2) is 0 Å². The SMILES string of the molecule is O=C(O)C(=O)O.OCCO.[H-].[H-].[H-].[H-].[Na+].[Na+].[Na+].[Na+]. The van der Waals surface area contributed by atoms with Gasteiger partial charge in [-0.05, 0) is 0 Å². The minimum atomic E-state index is -1.82. The molecule has 0 aromatic heterocycles. The van der Waals surface area contributed by atoms with E-state index in [1.165, 1.54) is 0 Å². The number of aliphatic hydroxyl groups is 2. The predicted octanol–water partition coefficient (Wildman–Crippen LogP) is -13.4. The quantitative estimate of drug-likeness (QED) is 0.270. The Morgan fingerprint density at radius 1 is 0.786 bits per heavy atom. The average molecular weight is 248 g/mol. The van der Waals surface area contributed by atoms with Crippen LogP contribution in [0.15, 0.2) is 0 Å². The first-order valence-electron chi connectivity index (χ1n) is 2.24. The molecule has 0 unspecified atom stereocenters. The summed E-state index contributed by atoms with van der Waals surface area (Å²) in [5.74, 6) is -3.65. The fourth-order valence-electron chi connectivity index (χ4n) is 0. The van der Waals surface area contributed by atoms with Crippen LogP contribution in [-0.2, 0) is 9.59 Å². The number of rotatable bonds is 1. The van der Waals surface area contributed by atoms with Crippen LogP contribution in [0.4, 0.5) is 0 Å². The molecule has 68 valence electrons. The molecule has 0 aliphatic carbocycles. The predicted molar refractivity (Wildman–Crippen MR) is 33.9 cm³/mol. The van der Waals surface area contributed by atoms with Crippen LogP contribution in [0, 0.1) is 0 Å². The second-order valence-electron chi connectivity index (χ2n) is 1.06. The van der Waals surface area contributed by atoms with Crippen LogP contribution in [0.5, 0.6) is 0 Å². The van der Waals surface area contributed by atoms with Crippen molar-refractivity contribution in [3.05, 3.63) is 0 Å². The van der Waals surface area contributed by atoms with E-state index in [1.54, 1.807) is 0 Å². The molecular formula is C4H12Na4O6. The molecule has 0 atom stereocenters. The van der Waals surface area contributed by atoms with Crippen molar-refractivity contribution in [3.8, 4) is 0 Å². The maximum Gasteiger partial charge on any atom is 1.00 e. The van der Waals surface area contributed by atoms with E-state index in [4.69, 9.17) is 30.0 Å². The van der Waals surface area contributed by atoms with Crippen molar-refractivity contribution in [2.24, 2.45) is 0 Å². The topological polar surface area (TPSA) is 115 Å². The molecular weight excluding hydrogens is 236 g/mol. The Balaban J connectivity index is -0.00000000631. The van der Waals surface area contributed by atoms with E-state index in [2.05, 4.69) is 0 Å². The number of hydrogen-bond acceptors (Lipinski definition) is 4. The molecule has 0 saturated carbocycles. The van der Waals surface area contributed by atoms with E-state index in [-0.39, 0.29) is 137 Å². The first-order chi connectivity index (χ1) is 4.56. The molecule has 0 heterocycles. The van der Waals surface area contributed by atoms with Gasteiger partial charge in [0.25, 0.3) is 0 Å². The zero-order valence-electron chi connectivity index (χ0n) is 13.0. The molecule has 0 aromatic rings. The molecule has 0 aliphatic heterocycles. The number of aliphatic carboxylic acids is 2. The summed E-state index contributed by atoms with van der Waals surface area (Å²) in [7, 11) is 0. The van der Waals surface area contributed by atoms with Gasteiger partial charge >= 0.3 is 130 Å². The standard InChI is InChI=1S/C2H2O4.C2H6O2.4Na.4H/c3-1(4)2(5)6;3-1-2-4;;;;;;;;/h(H,3,4)(H,5,6);3-4H,1-2H2;;;;;;;;/q;;4*+1;4*-1. The first-order valence-corrected chi connectivity index (χ1v) is 2.24. The van der Waals surface area contributed by atoms with Gasteiger partial charge in [0.1, 0.15) is 0 Å². The third-order valence-electron chi connectivity index (χ3n) is 0.283. The smallest absolute Gasteiger partial charge is 1.00 e. The van der Waals surface area contributed by atoms with Gasteiger partial charge in [-0.25, -0.2) is 9.59 Å². The molecule has 0 amide bonds. The third kappa shape index (κ3) is 46.2. The normalized spacial score (nSPS) is 5.29. The fraction of sp³-hybridized carbons (Fsp3) is 0.500. The minimum Gasteiger partial charge on any atom is -1.00 e. The summed E-state index contributed by atoms with van der Waals surface area (Å²) in [6.07, 6.45) is 0. The maximum absolute atomic E-state index is 9.10. The zero-order valence-corrected chi connectivity index (χ0v) is 17.0. The van der Waals surface area contributed by atoms with Crippen LogP contribution in [0.1, 0.15) is 5.71 Å². The second-order valence-corrected chi connectivity index (χ2v) is 1.06. The van der Waals surface area contributed by atoms with E-state index in [0.29, 0.717) is 0 Å². The number of carboxylic acids is 2. The van der Waals surface area contributed by atoms with Gasteiger partial charge < -0.3 is 26.1 Å². The van der Waals surface area contributed by atoms with Crippen molar-refractivity contribution >= 4 is 11.9 Å². The van der Waals surface area contributed by atoms with Crippen LogP contribution in [-0.4, -0.2) is 45.6 Å². The van der Waals surface area contributed by atoms with Crippen LogP contribution < -0.4 is 118 Å². The Morgan fingerprint density at radius 2 is 0.929 bits per heavy atom. The molecule has 0 saturated heterocycles. The second kappa shape index (κ2) is 29.7. The Hall–Kier alpha value is 2.86. The molecule has 0 spiro atoms. The van der Waals surface area contributed by atoms with Crippen molar-refractivity contribution in [2.45, 2.75) is 0 Å². The van der Waals surface area contributed by atoms with Gasteiger partial charge in [0.2, 0.25) is 0 Å². The Morgan fingerprint density at radius 3 is 0.929 bits per heavy atom. The molecule has 0 fully saturated rings. The fourth-order valence-corrected chi connectivity index (χ4v) is 0. The third-order valence-corrected chi connectivity index (χ3v) is 0.283. The largest absolute Gasteiger partial charge is 1.00 e. The average Bonchev–Trinajstić information content (AvgIpc) is 1.89. The van der Waals surface area contributed by atoms with E-state index in [9.17, 15) is 0 Å². The van der Waals surface area contributed by atoms with Gasteiger partial charge in [-0.2, -0.15) is 0 Å². The number of hydrogen-bond donors (Lipinski definition) is 4. The molecule has 0 rings (SSSR count). The van der Waals surface area contributed by atoms with E-state index in [0.717, 1.165) is 0 Å². The van der Waals surface area contributed by atoms with Crippen molar-refractivity contribution < 1.29 is 154 Å². The van der Waals surface area contributed by atoms with Gasteiger partial charge in [-0.3, -0.25) is 0 Å². The number of carbonyl (C=O) groups is 2. The van der Waals surface area contributed by atoms with Gasteiger partial charge in [-0.1, -0.05) is 0 Å². The summed E-state index contributed by atoms with van der Waals surface area (Å²) in [5.41, 5.74) is 0. The number of aliphatic hydroxyl groups excluding tert-OH is 2. The Kier molecular flexibility index (Phi) is 76.3.